The van der Waals surface area contributed by atoms with E-state index in [2.05, 4.69) is 11.6 Å². The van der Waals surface area contributed by atoms with Crippen LogP contribution in [-0.2, 0) is 5.11 Å². The van der Waals surface area contributed by atoms with Gasteiger partial charge in [0.15, 0.2) is 0 Å². The summed E-state index contributed by atoms with van der Waals surface area (Å²) in [6.07, 6.45) is 0. The highest BCUT2D eigenvalue weighted by Crippen LogP contribution is 2.06. The van der Waals surface area contributed by atoms with Crippen molar-refractivity contribution in [1.82, 2.24) is 0 Å². The van der Waals surface area contributed by atoms with Gasteiger partial charge in [0.25, 0.3) is 5.25 Å². The minimum atomic E-state index is -2.47. The van der Waals surface area contributed by atoms with Gasteiger partial charge in [-0.1, -0.05) is 11.6 Å². The van der Waals surface area contributed by atoms with E-state index in [1.807, 2.05) is 0 Å². The Labute approximate surface area is 45.3 Å². The molecule has 37 valence electrons. The molecule has 0 saturated heterocycles. The number of halogens is 2. The Morgan fingerprint density at radius 3 is 2.00 bits per heavy atom. The second kappa shape index (κ2) is 1.98. The third-order valence-electron chi connectivity index (χ3n) is 0.165. The molecule has 0 rings (SSSR count). The summed E-state index contributed by atoms with van der Waals surface area (Å²) in [5.74, 6) is -0.492. The summed E-state index contributed by atoms with van der Waals surface area (Å²) < 4.78 is 0. The molecule has 0 aromatic rings. The van der Waals surface area contributed by atoms with Crippen LogP contribution in [0.5, 0.6) is 0 Å². The van der Waals surface area contributed by atoms with E-state index in [0.717, 1.165) is 0 Å². The van der Waals surface area contributed by atoms with Crippen molar-refractivity contribution >= 4 is 23.2 Å². The van der Waals surface area contributed by atoms with Crippen molar-refractivity contribution in [1.29, 1.82) is 0 Å². The number of alkyl halides is 2. The predicted octanol–water partition coefficient (Wildman–Crippen LogP) is 0.541. The summed E-state index contributed by atoms with van der Waals surface area (Å²) in [4.78, 5) is 0. The van der Waals surface area contributed by atoms with E-state index in [0.29, 0.717) is 0 Å². The maximum Gasteiger partial charge on any atom is 0.290 e. The quantitative estimate of drug-likeness (QED) is 0.408. The Balaban J connectivity index is 3.17. The van der Waals surface area contributed by atoms with E-state index in [1.54, 1.807) is 0 Å². The molecule has 0 fully saturated rings. The number of aliphatic hydroxyl groups is 1. The molecule has 1 unspecified atom stereocenters. The molecule has 1 radical (unpaired) electrons. The molecule has 0 spiro atoms. The Morgan fingerprint density at radius 2 is 2.00 bits per heavy atom. The molecule has 0 aliphatic carbocycles. The standard InChI is InChI=1S/C2H3Cl2O2/c3-1-2(4,5)6/h5H,1H2. The van der Waals surface area contributed by atoms with Crippen LogP contribution in [0.15, 0.2) is 0 Å². The third-order valence-corrected chi connectivity index (χ3v) is 0.798. The van der Waals surface area contributed by atoms with Crippen molar-refractivity contribution in [2.24, 2.45) is 0 Å². The second-order valence-corrected chi connectivity index (χ2v) is 1.68. The van der Waals surface area contributed by atoms with E-state index >= 15 is 0 Å². The monoisotopic (exact) mass is 129 g/mol. The van der Waals surface area contributed by atoms with Crippen LogP contribution in [0.2, 0.25) is 0 Å². The van der Waals surface area contributed by atoms with Gasteiger partial charge in [0.05, 0.1) is 5.88 Å². The lowest BCUT2D eigenvalue weighted by Gasteiger charge is -2.01. The van der Waals surface area contributed by atoms with Crippen molar-refractivity contribution < 1.29 is 10.2 Å². The van der Waals surface area contributed by atoms with Crippen molar-refractivity contribution in [3.63, 3.8) is 0 Å². The smallest absolute Gasteiger partial charge is 0.290 e. The van der Waals surface area contributed by atoms with Gasteiger partial charge in [-0.05, 0) is 0 Å². The molecule has 0 amide bonds. The summed E-state index contributed by atoms with van der Waals surface area (Å²) in [6, 6.07) is 0. The van der Waals surface area contributed by atoms with Crippen molar-refractivity contribution in [2.45, 2.75) is 5.25 Å². The summed E-state index contributed by atoms with van der Waals surface area (Å²) in [7, 11) is 0. The van der Waals surface area contributed by atoms with E-state index < -0.39 is 11.1 Å². The van der Waals surface area contributed by atoms with Crippen LogP contribution in [0.25, 0.3) is 0 Å². The van der Waals surface area contributed by atoms with Gasteiger partial charge in [-0.15, -0.1) is 11.6 Å². The van der Waals surface area contributed by atoms with Crippen molar-refractivity contribution in [3.05, 3.63) is 0 Å². The Bertz CT molecular complexity index is 39.3. The van der Waals surface area contributed by atoms with Gasteiger partial charge in [0.1, 0.15) is 0 Å². The maximum atomic E-state index is 9.66. The van der Waals surface area contributed by atoms with Gasteiger partial charge in [-0.3, -0.25) is 0 Å². The first-order chi connectivity index (χ1) is 2.56. The Kier molecular flexibility index (Phi) is 2.15. The van der Waals surface area contributed by atoms with Gasteiger partial charge >= 0.3 is 0 Å². The van der Waals surface area contributed by atoms with Gasteiger partial charge in [-0.25, -0.2) is 0 Å². The van der Waals surface area contributed by atoms with Crippen molar-refractivity contribution in [3.8, 4) is 0 Å². The summed E-state index contributed by atoms with van der Waals surface area (Å²) >= 11 is 9.37. The van der Waals surface area contributed by atoms with E-state index in [1.165, 1.54) is 0 Å². The van der Waals surface area contributed by atoms with E-state index in [4.69, 9.17) is 16.7 Å². The minimum Gasteiger partial charge on any atom is -0.350 e. The van der Waals surface area contributed by atoms with Crippen LogP contribution in [0.3, 0.4) is 0 Å². The molecule has 4 heteroatoms. The molecule has 0 saturated carbocycles. The zero-order valence-electron chi connectivity index (χ0n) is 2.82. The zero-order chi connectivity index (χ0) is 5.21. The minimum absolute atomic E-state index is 0.492. The Hall–Kier alpha value is 0.500. The molecule has 6 heavy (non-hydrogen) atoms. The fraction of sp³-hybridized carbons (Fsp3) is 1.00. The third kappa shape index (κ3) is 4.50. The highest BCUT2D eigenvalue weighted by molar-refractivity contribution is 6.28. The number of hydrogen-bond donors (Lipinski definition) is 1. The zero-order valence-corrected chi connectivity index (χ0v) is 4.33. The van der Waals surface area contributed by atoms with Gasteiger partial charge in [0, 0.05) is 0 Å². The van der Waals surface area contributed by atoms with Crippen LogP contribution in [-0.4, -0.2) is 16.2 Å². The van der Waals surface area contributed by atoms with Crippen LogP contribution in [0.4, 0.5) is 0 Å². The molecular formula is C2H3Cl2O2. The first-order valence-electron chi connectivity index (χ1n) is 1.24. The summed E-state index contributed by atoms with van der Waals surface area (Å²) in [5.41, 5.74) is 0. The summed E-state index contributed by atoms with van der Waals surface area (Å²) in [5, 5.41) is 15.1. The molecule has 0 bridgehead atoms. The van der Waals surface area contributed by atoms with E-state index in [9.17, 15) is 5.11 Å². The fourth-order valence-electron chi connectivity index (χ4n) is 0. The summed E-state index contributed by atoms with van der Waals surface area (Å²) in [6.45, 7) is 0. The molecular weight excluding hydrogens is 127 g/mol. The molecule has 0 aliphatic heterocycles. The highest BCUT2D eigenvalue weighted by Gasteiger charge is 2.17. The fourth-order valence-corrected chi connectivity index (χ4v) is 0. The number of rotatable bonds is 1. The van der Waals surface area contributed by atoms with Crippen LogP contribution >= 0.6 is 23.2 Å². The predicted molar refractivity (Wildman–Crippen MR) is 22.2 cm³/mol. The highest BCUT2D eigenvalue weighted by atomic mass is 35.5. The molecule has 0 aliphatic rings. The van der Waals surface area contributed by atoms with Crippen LogP contribution in [0, 0.1) is 0 Å². The average Bonchev–Trinajstić information content (AvgIpc) is 1.35. The van der Waals surface area contributed by atoms with Gasteiger partial charge < -0.3 is 5.11 Å². The lowest BCUT2D eigenvalue weighted by atomic mass is 10.8. The van der Waals surface area contributed by atoms with Crippen molar-refractivity contribution in [2.75, 3.05) is 5.88 Å². The molecule has 0 aromatic carbocycles. The Morgan fingerprint density at radius 1 is 1.83 bits per heavy atom. The second-order valence-electron chi connectivity index (χ2n) is 0.823. The molecule has 1 atom stereocenters. The molecule has 1 N–H and O–H groups in total. The van der Waals surface area contributed by atoms with Crippen LogP contribution < -0.4 is 0 Å². The lowest BCUT2D eigenvalue weighted by molar-refractivity contribution is -0.115. The van der Waals surface area contributed by atoms with Crippen LogP contribution in [0.1, 0.15) is 0 Å². The SMILES string of the molecule is [O]C(O)(Cl)CCl. The molecule has 0 aromatic heterocycles. The van der Waals surface area contributed by atoms with E-state index in [-0.39, 0.29) is 0 Å². The van der Waals surface area contributed by atoms with Gasteiger partial charge in [-0.2, -0.15) is 5.11 Å². The average molecular weight is 130 g/mol. The molecule has 2 nitrogen and oxygen atoms in total. The first kappa shape index (κ1) is 6.50. The normalized spacial score (nSPS) is 12.0. The lowest BCUT2D eigenvalue weighted by Crippen LogP contribution is -2.18. The topological polar surface area (TPSA) is 40.1 Å². The maximum absolute atomic E-state index is 9.66. The largest absolute Gasteiger partial charge is 0.350 e. The number of hydrogen-bond acceptors (Lipinski definition) is 1. The first-order valence-corrected chi connectivity index (χ1v) is 2.15. The molecule has 0 heterocycles. The van der Waals surface area contributed by atoms with Gasteiger partial charge in [0.2, 0.25) is 0 Å².